The van der Waals surface area contributed by atoms with Gasteiger partial charge >= 0.3 is 0 Å². The Bertz CT molecular complexity index is 1430. The van der Waals surface area contributed by atoms with Gasteiger partial charge in [0.25, 0.3) is 0 Å². The van der Waals surface area contributed by atoms with Crippen LogP contribution in [0.25, 0.3) is 0 Å². The lowest BCUT2D eigenvalue weighted by molar-refractivity contribution is -0.120. The number of benzene rings is 2. The summed E-state index contributed by atoms with van der Waals surface area (Å²) in [6, 6.07) is 9.39. The number of rotatable bonds is 7. The van der Waals surface area contributed by atoms with Crippen LogP contribution in [0.3, 0.4) is 0 Å². The molecule has 5 nitrogen and oxygen atoms in total. The molecule has 0 bridgehead atoms. The highest BCUT2D eigenvalue weighted by Crippen LogP contribution is 2.51. The molecular formula is C37H49N3O2. The summed E-state index contributed by atoms with van der Waals surface area (Å²) in [7, 11) is 3.89. The number of amides is 1. The fourth-order valence-electron chi connectivity index (χ4n) is 8.53. The van der Waals surface area contributed by atoms with Gasteiger partial charge in [0.05, 0.1) is 19.2 Å². The smallest absolute Gasteiger partial charge is 0.239 e. The van der Waals surface area contributed by atoms with Crippen LogP contribution in [0, 0.1) is 0 Å². The number of carbonyl (C=O) groups is 1. The molecule has 1 unspecified atom stereocenters. The average molecular weight is 568 g/mol. The highest BCUT2D eigenvalue weighted by Gasteiger charge is 2.46. The second-order valence-corrected chi connectivity index (χ2v) is 13.9. The zero-order valence-electron chi connectivity index (χ0n) is 26.6. The molecule has 0 saturated heterocycles. The summed E-state index contributed by atoms with van der Waals surface area (Å²) in [6.07, 6.45) is 16.8. The van der Waals surface area contributed by atoms with Crippen LogP contribution < -0.4 is 15.1 Å². The molecule has 2 aliphatic heterocycles. The van der Waals surface area contributed by atoms with Gasteiger partial charge in [-0.25, -0.2) is 0 Å². The molecule has 1 atom stereocenters. The van der Waals surface area contributed by atoms with Crippen LogP contribution in [0.15, 0.2) is 48.2 Å². The molecular weight excluding hydrogens is 518 g/mol. The van der Waals surface area contributed by atoms with Crippen molar-refractivity contribution in [2.24, 2.45) is 0 Å². The number of carbonyl (C=O) groups excluding carboxylic acids is 1. The number of ether oxygens (including phenoxy) is 1. The van der Waals surface area contributed by atoms with Gasteiger partial charge in [0, 0.05) is 48.6 Å². The molecule has 1 N–H and O–H groups in total. The molecule has 0 aromatic heterocycles. The number of allylic oxidation sites excluding steroid dienone is 3. The highest BCUT2D eigenvalue weighted by molar-refractivity contribution is 5.84. The van der Waals surface area contributed by atoms with E-state index in [0.717, 1.165) is 12.8 Å². The van der Waals surface area contributed by atoms with Crippen LogP contribution in [0.1, 0.15) is 86.8 Å². The van der Waals surface area contributed by atoms with Crippen molar-refractivity contribution in [1.82, 2.24) is 5.32 Å². The van der Waals surface area contributed by atoms with Crippen molar-refractivity contribution >= 4 is 17.3 Å². The first-order valence-corrected chi connectivity index (χ1v) is 16.1. The maximum atomic E-state index is 13.1. The molecule has 2 aliphatic carbocycles. The lowest BCUT2D eigenvalue weighted by atomic mass is 9.74. The van der Waals surface area contributed by atoms with Gasteiger partial charge in [-0.05, 0) is 103 Å². The van der Waals surface area contributed by atoms with Gasteiger partial charge in [-0.3, -0.25) is 4.79 Å². The third-order valence-electron chi connectivity index (χ3n) is 10.5. The molecule has 0 fully saturated rings. The quantitative estimate of drug-likeness (QED) is 0.386. The molecule has 5 heteroatoms. The Kier molecular flexibility index (Phi) is 7.76. The Labute approximate surface area is 253 Å². The number of aryl methyl sites for hydroxylation is 2. The minimum absolute atomic E-state index is 0.0436. The number of nitrogens with zero attached hydrogens (tertiary/aromatic N) is 2. The van der Waals surface area contributed by atoms with Gasteiger partial charge in [-0.15, -0.1) is 0 Å². The molecule has 4 aliphatic rings. The minimum Gasteiger partial charge on any atom is -0.383 e. The van der Waals surface area contributed by atoms with Crippen LogP contribution in [0.2, 0.25) is 0 Å². The molecule has 42 heavy (non-hydrogen) atoms. The van der Waals surface area contributed by atoms with Crippen LogP contribution in [0.5, 0.6) is 0 Å². The van der Waals surface area contributed by atoms with Crippen molar-refractivity contribution in [3.63, 3.8) is 0 Å². The summed E-state index contributed by atoms with van der Waals surface area (Å²) in [5.74, 6) is 0.0436. The van der Waals surface area contributed by atoms with E-state index in [9.17, 15) is 4.79 Å². The van der Waals surface area contributed by atoms with E-state index in [-0.39, 0.29) is 22.8 Å². The van der Waals surface area contributed by atoms with E-state index in [4.69, 9.17) is 4.74 Å². The van der Waals surface area contributed by atoms with Crippen LogP contribution in [0.4, 0.5) is 11.4 Å². The molecule has 2 heterocycles. The molecule has 2 aromatic carbocycles. The SMILES string of the molecule is COCCNC(=O)CN1c2ccc3c(c2C(C)(C)C1/C=C/C=C1/N(C)c2ccc4c(c2C1(C)C)CCCC4)CCCC3. The van der Waals surface area contributed by atoms with E-state index in [1.807, 2.05) is 0 Å². The lowest BCUT2D eigenvalue weighted by Crippen LogP contribution is -2.45. The zero-order valence-corrected chi connectivity index (χ0v) is 26.6. The Morgan fingerprint density at radius 1 is 0.929 bits per heavy atom. The Morgan fingerprint density at radius 3 is 2.21 bits per heavy atom. The summed E-state index contributed by atoms with van der Waals surface area (Å²) >= 11 is 0. The van der Waals surface area contributed by atoms with Crippen molar-refractivity contribution in [2.75, 3.05) is 43.7 Å². The lowest BCUT2D eigenvalue weighted by Gasteiger charge is -2.32. The van der Waals surface area contributed by atoms with Gasteiger partial charge in [-0.2, -0.15) is 0 Å². The highest BCUT2D eigenvalue weighted by atomic mass is 16.5. The summed E-state index contributed by atoms with van der Waals surface area (Å²) in [4.78, 5) is 17.9. The fraction of sp³-hybridized carbons (Fsp3) is 0.541. The third kappa shape index (κ3) is 4.78. The fourth-order valence-corrected chi connectivity index (χ4v) is 8.53. The summed E-state index contributed by atoms with van der Waals surface area (Å²) in [5, 5.41) is 3.06. The van der Waals surface area contributed by atoms with E-state index in [0.29, 0.717) is 19.7 Å². The number of anilines is 2. The summed E-state index contributed by atoms with van der Waals surface area (Å²) < 4.78 is 5.17. The number of hydrogen-bond acceptors (Lipinski definition) is 4. The minimum atomic E-state index is -0.112. The summed E-state index contributed by atoms with van der Waals surface area (Å²) in [6.45, 7) is 10.9. The predicted octanol–water partition coefficient (Wildman–Crippen LogP) is 6.54. The van der Waals surface area contributed by atoms with E-state index in [1.54, 1.807) is 18.2 Å². The average Bonchev–Trinajstić information content (AvgIpc) is 3.31. The number of nitrogens with one attached hydrogen (secondary N) is 1. The molecule has 0 radical (unpaired) electrons. The van der Waals surface area contributed by atoms with E-state index in [1.165, 1.54) is 77.9 Å². The number of hydrogen-bond donors (Lipinski definition) is 1. The van der Waals surface area contributed by atoms with Gasteiger partial charge < -0.3 is 19.9 Å². The van der Waals surface area contributed by atoms with Crippen LogP contribution in [-0.4, -0.2) is 45.8 Å². The van der Waals surface area contributed by atoms with Crippen molar-refractivity contribution in [2.45, 2.75) is 95.9 Å². The first-order valence-electron chi connectivity index (χ1n) is 16.1. The van der Waals surface area contributed by atoms with Gasteiger partial charge in [0.2, 0.25) is 5.91 Å². The normalized spacial score (nSPS) is 22.7. The molecule has 0 spiro atoms. The number of fused-ring (bicyclic) bond motifs is 6. The summed E-state index contributed by atoms with van der Waals surface area (Å²) in [5.41, 5.74) is 12.9. The Hall–Kier alpha value is -3.05. The third-order valence-corrected chi connectivity index (χ3v) is 10.5. The maximum absolute atomic E-state index is 13.1. The second-order valence-electron chi connectivity index (χ2n) is 13.9. The second kappa shape index (κ2) is 11.2. The van der Waals surface area contributed by atoms with Crippen molar-refractivity contribution < 1.29 is 9.53 Å². The van der Waals surface area contributed by atoms with Gasteiger partial charge in [0.1, 0.15) is 0 Å². The largest absolute Gasteiger partial charge is 0.383 e. The van der Waals surface area contributed by atoms with Crippen LogP contribution >= 0.6 is 0 Å². The van der Waals surface area contributed by atoms with Crippen molar-refractivity contribution in [3.05, 3.63) is 81.6 Å². The van der Waals surface area contributed by atoms with Gasteiger partial charge in [-0.1, -0.05) is 52.0 Å². The van der Waals surface area contributed by atoms with Crippen molar-refractivity contribution in [3.8, 4) is 0 Å². The molecule has 6 rings (SSSR count). The van der Waals surface area contributed by atoms with Crippen LogP contribution in [-0.2, 0) is 46.0 Å². The monoisotopic (exact) mass is 567 g/mol. The molecule has 1 amide bonds. The van der Waals surface area contributed by atoms with E-state index >= 15 is 0 Å². The first-order chi connectivity index (χ1) is 20.2. The Morgan fingerprint density at radius 2 is 1.55 bits per heavy atom. The standard InChI is InChI=1S/C37H49N3O2/c1-36(2)31(39(5)29-20-18-25-12-7-9-14-27(25)34(29)36)16-11-17-32-37(3,4)35-28-15-10-8-13-26(28)19-21-30(35)40(32)24-33(41)38-22-23-42-6/h11,16-21,32H,7-10,12-15,22-24H2,1-6H3,(H,38,41)/b17-11+,31-16+. The molecule has 224 valence electrons. The molecule has 2 aromatic rings. The number of likely N-dealkylation sites (N-methyl/N-ethyl adjacent to an activating group) is 1. The van der Waals surface area contributed by atoms with E-state index < -0.39 is 0 Å². The molecule has 0 saturated carbocycles. The van der Waals surface area contributed by atoms with Gasteiger partial charge in [0.15, 0.2) is 0 Å². The van der Waals surface area contributed by atoms with Crippen molar-refractivity contribution in [1.29, 1.82) is 0 Å². The topological polar surface area (TPSA) is 44.8 Å². The first kappa shape index (κ1) is 29.0. The number of methoxy groups -OCH3 is 1. The maximum Gasteiger partial charge on any atom is 0.239 e. The zero-order chi connectivity index (χ0) is 29.6. The van der Waals surface area contributed by atoms with E-state index in [2.05, 4.69) is 92.4 Å². The predicted molar refractivity (Wildman–Crippen MR) is 174 cm³/mol. The Balaban J connectivity index is 1.35.